The standard InChI is InChI=1S/C23H30N2O2/c1-23(2,3)22(27)24-16-10-15-21(26)25-20(19-13-8-5-9-14-19)17-18-11-6-4-7-12-18/h4-9,11-14,20H,10,15-17H2,1-3H3,(H,24,27)(H,25,26). The Morgan fingerprint density at radius 2 is 1.52 bits per heavy atom. The van der Waals surface area contributed by atoms with Crippen LogP contribution in [0.1, 0.15) is 50.8 Å². The summed E-state index contributed by atoms with van der Waals surface area (Å²) in [6, 6.07) is 20.1. The molecule has 4 heteroatoms. The van der Waals surface area contributed by atoms with Gasteiger partial charge in [-0.05, 0) is 24.0 Å². The third-order valence-corrected chi connectivity index (χ3v) is 4.37. The number of nitrogens with one attached hydrogen (secondary N) is 2. The highest BCUT2D eigenvalue weighted by Crippen LogP contribution is 2.18. The summed E-state index contributed by atoms with van der Waals surface area (Å²) in [5.41, 5.74) is 1.87. The highest BCUT2D eigenvalue weighted by atomic mass is 16.2. The van der Waals surface area contributed by atoms with Gasteiger partial charge in [-0.2, -0.15) is 0 Å². The monoisotopic (exact) mass is 366 g/mol. The number of benzene rings is 2. The highest BCUT2D eigenvalue weighted by Gasteiger charge is 2.20. The molecule has 0 saturated carbocycles. The molecular formula is C23H30N2O2. The van der Waals surface area contributed by atoms with Crippen molar-refractivity contribution in [3.05, 3.63) is 71.8 Å². The van der Waals surface area contributed by atoms with Gasteiger partial charge in [-0.3, -0.25) is 9.59 Å². The topological polar surface area (TPSA) is 58.2 Å². The Kier molecular flexibility index (Phi) is 7.59. The molecule has 0 radical (unpaired) electrons. The van der Waals surface area contributed by atoms with Crippen molar-refractivity contribution in [3.8, 4) is 0 Å². The molecule has 1 atom stereocenters. The molecule has 4 nitrogen and oxygen atoms in total. The molecule has 0 fully saturated rings. The minimum Gasteiger partial charge on any atom is -0.356 e. The van der Waals surface area contributed by atoms with Gasteiger partial charge in [-0.15, -0.1) is 0 Å². The van der Waals surface area contributed by atoms with Gasteiger partial charge in [0.25, 0.3) is 0 Å². The van der Waals surface area contributed by atoms with Crippen molar-refractivity contribution in [2.75, 3.05) is 6.54 Å². The first-order chi connectivity index (χ1) is 12.9. The van der Waals surface area contributed by atoms with Crippen molar-refractivity contribution in [2.45, 2.75) is 46.1 Å². The minimum atomic E-state index is -0.406. The summed E-state index contributed by atoms with van der Waals surface area (Å²) in [6.07, 6.45) is 1.76. The maximum Gasteiger partial charge on any atom is 0.225 e. The molecule has 0 aliphatic carbocycles. The smallest absolute Gasteiger partial charge is 0.225 e. The van der Waals surface area contributed by atoms with Gasteiger partial charge in [0, 0.05) is 18.4 Å². The van der Waals surface area contributed by atoms with Crippen LogP contribution in [0.3, 0.4) is 0 Å². The number of carbonyl (C=O) groups excluding carboxylic acids is 2. The Bertz CT molecular complexity index is 721. The zero-order chi connectivity index (χ0) is 19.7. The Labute approximate surface area is 162 Å². The van der Waals surface area contributed by atoms with Crippen molar-refractivity contribution in [1.82, 2.24) is 10.6 Å². The molecule has 0 heterocycles. The molecule has 2 rings (SSSR count). The first-order valence-electron chi connectivity index (χ1n) is 9.53. The second kappa shape index (κ2) is 9.91. The number of amides is 2. The van der Waals surface area contributed by atoms with Crippen LogP contribution in [-0.2, 0) is 16.0 Å². The highest BCUT2D eigenvalue weighted by molar-refractivity contribution is 5.81. The maximum atomic E-state index is 12.4. The quantitative estimate of drug-likeness (QED) is 0.693. The molecule has 0 aromatic heterocycles. The number of hydrogen-bond acceptors (Lipinski definition) is 2. The molecule has 144 valence electrons. The van der Waals surface area contributed by atoms with Gasteiger partial charge in [0.05, 0.1) is 6.04 Å². The molecule has 0 aliphatic rings. The van der Waals surface area contributed by atoms with Gasteiger partial charge in [0.1, 0.15) is 0 Å². The summed E-state index contributed by atoms with van der Waals surface area (Å²) < 4.78 is 0. The van der Waals surface area contributed by atoms with E-state index in [9.17, 15) is 9.59 Å². The van der Waals surface area contributed by atoms with Crippen LogP contribution in [0.25, 0.3) is 0 Å². The van der Waals surface area contributed by atoms with E-state index in [0.29, 0.717) is 19.4 Å². The number of hydrogen-bond donors (Lipinski definition) is 2. The first-order valence-corrected chi connectivity index (χ1v) is 9.53. The molecule has 0 aliphatic heterocycles. The Morgan fingerprint density at radius 1 is 0.926 bits per heavy atom. The van der Waals surface area contributed by atoms with Crippen LogP contribution < -0.4 is 10.6 Å². The van der Waals surface area contributed by atoms with Crippen molar-refractivity contribution in [3.63, 3.8) is 0 Å². The van der Waals surface area contributed by atoms with Crippen LogP contribution in [0.15, 0.2) is 60.7 Å². The van der Waals surface area contributed by atoms with E-state index in [4.69, 9.17) is 0 Å². The van der Waals surface area contributed by atoms with E-state index < -0.39 is 5.41 Å². The molecule has 2 aromatic carbocycles. The Hall–Kier alpha value is -2.62. The molecule has 1 unspecified atom stereocenters. The SMILES string of the molecule is CC(C)(C)C(=O)NCCCC(=O)NC(Cc1ccccc1)c1ccccc1. The number of rotatable bonds is 8. The second-order valence-electron chi connectivity index (χ2n) is 7.83. The molecule has 0 spiro atoms. The third-order valence-electron chi connectivity index (χ3n) is 4.37. The predicted molar refractivity (Wildman–Crippen MR) is 109 cm³/mol. The van der Waals surface area contributed by atoms with Crippen molar-refractivity contribution in [2.24, 2.45) is 5.41 Å². The van der Waals surface area contributed by atoms with Gasteiger partial charge < -0.3 is 10.6 Å². The van der Waals surface area contributed by atoms with Crippen LogP contribution in [0.2, 0.25) is 0 Å². The van der Waals surface area contributed by atoms with Crippen LogP contribution in [-0.4, -0.2) is 18.4 Å². The summed E-state index contributed by atoms with van der Waals surface area (Å²) >= 11 is 0. The minimum absolute atomic E-state index is 0.00444. The summed E-state index contributed by atoms with van der Waals surface area (Å²) in [5, 5.41) is 6.03. The molecule has 2 amide bonds. The molecular weight excluding hydrogens is 336 g/mol. The van der Waals surface area contributed by atoms with Gasteiger partial charge in [0.15, 0.2) is 0 Å². The summed E-state index contributed by atoms with van der Waals surface area (Å²) in [4.78, 5) is 24.3. The largest absolute Gasteiger partial charge is 0.356 e. The molecule has 27 heavy (non-hydrogen) atoms. The summed E-state index contributed by atoms with van der Waals surface area (Å²) in [5.74, 6) is 0.0129. The van der Waals surface area contributed by atoms with E-state index >= 15 is 0 Å². The predicted octanol–water partition coefficient (Wildman–Crippen LogP) is 4.03. The van der Waals surface area contributed by atoms with Crippen molar-refractivity contribution >= 4 is 11.8 Å². The zero-order valence-electron chi connectivity index (χ0n) is 16.5. The summed E-state index contributed by atoms with van der Waals surface area (Å²) in [6.45, 7) is 6.15. The van der Waals surface area contributed by atoms with E-state index in [0.717, 1.165) is 12.0 Å². The van der Waals surface area contributed by atoms with E-state index in [-0.39, 0.29) is 17.9 Å². The van der Waals surface area contributed by atoms with Gasteiger partial charge in [0.2, 0.25) is 11.8 Å². The lowest BCUT2D eigenvalue weighted by Crippen LogP contribution is -2.36. The lowest BCUT2D eigenvalue weighted by molar-refractivity contribution is -0.128. The second-order valence-corrected chi connectivity index (χ2v) is 7.83. The van der Waals surface area contributed by atoms with Crippen LogP contribution in [0.4, 0.5) is 0 Å². The van der Waals surface area contributed by atoms with Gasteiger partial charge in [-0.1, -0.05) is 81.4 Å². The maximum absolute atomic E-state index is 12.4. The molecule has 2 aromatic rings. The molecule has 0 bridgehead atoms. The van der Waals surface area contributed by atoms with Gasteiger partial charge >= 0.3 is 0 Å². The van der Waals surface area contributed by atoms with E-state index in [1.54, 1.807) is 0 Å². The average Bonchev–Trinajstić information content (AvgIpc) is 2.65. The average molecular weight is 367 g/mol. The van der Waals surface area contributed by atoms with E-state index in [1.165, 1.54) is 5.56 Å². The normalized spacial score (nSPS) is 12.3. The van der Waals surface area contributed by atoms with Crippen molar-refractivity contribution < 1.29 is 9.59 Å². The third kappa shape index (κ3) is 7.26. The van der Waals surface area contributed by atoms with Crippen molar-refractivity contribution in [1.29, 1.82) is 0 Å². The fraction of sp³-hybridized carbons (Fsp3) is 0.391. The lowest BCUT2D eigenvalue weighted by Gasteiger charge is -2.20. The first kappa shape index (κ1) is 20.7. The Morgan fingerprint density at radius 3 is 2.11 bits per heavy atom. The lowest BCUT2D eigenvalue weighted by atomic mass is 9.96. The fourth-order valence-electron chi connectivity index (χ4n) is 2.77. The van der Waals surface area contributed by atoms with Crippen LogP contribution >= 0.6 is 0 Å². The summed E-state index contributed by atoms with van der Waals surface area (Å²) in [7, 11) is 0. The van der Waals surface area contributed by atoms with E-state index in [1.807, 2.05) is 69.3 Å². The fourth-order valence-corrected chi connectivity index (χ4v) is 2.77. The van der Waals surface area contributed by atoms with Gasteiger partial charge in [-0.25, -0.2) is 0 Å². The Balaban J connectivity index is 1.89. The van der Waals surface area contributed by atoms with E-state index in [2.05, 4.69) is 22.8 Å². The van der Waals surface area contributed by atoms with Crippen LogP contribution in [0.5, 0.6) is 0 Å². The van der Waals surface area contributed by atoms with Crippen LogP contribution in [0, 0.1) is 5.41 Å². The molecule has 0 saturated heterocycles. The number of carbonyl (C=O) groups is 2. The zero-order valence-corrected chi connectivity index (χ0v) is 16.5. The molecule has 2 N–H and O–H groups in total.